The van der Waals surface area contributed by atoms with Crippen molar-refractivity contribution in [3.05, 3.63) is 34.9 Å². The minimum Gasteiger partial charge on any atom is -0.312 e. The van der Waals surface area contributed by atoms with E-state index in [0.29, 0.717) is 6.04 Å². The van der Waals surface area contributed by atoms with E-state index in [9.17, 15) is 0 Å². The second-order valence-electron chi connectivity index (χ2n) is 3.91. The Bertz CT molecular complexity index is 318. The number of aryl methyl sites for hydroxylation is 2. The molecule has 1 N–H and O–H groups in total. The highest BCUT2D eigenvalue weighted by atomic mass is 32.1. The second-order valence-corrected chi connectivity index (χ2v) is 4.27. The van der Waals surface area contributed by atoms with Gasteiger partial charge >= 0.3 is 0 Å². The monoisotopic (exact) mass is 207 g/mol. The SMILES string of the molecule is CNC(CS)c1ccc2c(c1)CCC2. The van der Waals surface area contributed by atoms with Crippen molar-refractivity contribution in [2.45, 2.75) is 25.3 Å². The Morgan fingerprint density at radius 2 is 2.14 bits per heavy atom. The van der Waals surface area contributed by atoms with Crippen molar-refractivity contribution < 1.29 is 0 Å². The Balaban J connectivity index is 2.27. The van der Waals surface area contributed by atoms with Crippen LogP contribution in [0.3, 0.4) is 0 Å². The number of nitrogens with one attached hydrogen (secondary N) is 1. The lowest BCUT2D eigenvalue weighted by Crippen LogP contribution is -2.17. The number of hydrogen-bond acceptors (Lipinski definition) is 2. The molecule has 76 valence electrons. The molecule has 2 rings (SSSR count). The highest BCUT2D eigenvalue weighted by Gasteiger charge is 2.13. The molecule has 2 heteroatoms. The van der Waals surface area contributed by atoms with Crippen molar-refractivity contribution in [2.24, 2.45) is 0 Å². The van der Waals surface area contributed by atoms with Crippen LogP contribution in [0, 0.1) is 0 Å². The average molecular weight is 207 g/mol. The summed E-state index contributed by atoms with van der Waals surface area (Å²) in [7, 11) is 1.99. The largest absolute Gasteiger partial charge is 0.312 e. The molecule has 1 aromatic carbocycles. The molecule has 14 heavy (non-hydrogen) atoms. The van der Waals surface area contributed by atoms with E-state index in [1.807, 2.05) is 7.05 Å². The third-order valence-corrected chi connectivity index (χ3v) is 3.42. The molecule has 0 radical (unpaired) electrons. The summed E-state index contributed by atoms with van der Waals surface area (Å²) in [6.07, 6.45) is 3.84. The summed E-state index contributed by atoms with van der Waals surface area (Å²) < 4.78 is 0. The van der Waals surface area contributed by atoms with Gasteiger partial charge in [-0.3, -0.25) is 0 Å². The molecule has 0 heterocycles. The zero-order valence-electron chi connectivity index (χ0n) is 8.59. The van der Waals surface area contributed by atoms with Crippen LogP contribution in [-0.4, -0.2) is 12.8 Å². The van der Waals surface area contributed by atoms with Crippen LogP contribution in [-0.2, 0) is 12.8 Å². The van der Waals surface area contributed by atoms with E-state index in [-0.39, 0.29) is 0 Å². The molecular weight excluding hydrogens is 190 g/mol. The lowest BCUT2D eigenvalue weighted by molar-refractivity contribution is 0.662. The molecule has 0 aliphatic heterocycles. The smallest absolute Gasteiger partial charge is 0.0406 e. The summed E-state index contributed by atoms with van der Waals surface area (Å²) in [4.78, 5) is 0. The molecule has 0 saturated carbocycles. The van der Waals surface area contributed by atoms with Crippen molar-refractivity contribution in [2.75, 3.05) is 12.8 Å². The van der Waals surface area contributed by atoms with Crippen LogP contribution < -0.4 is 5.32 Å². The lowest BCUT2D eigenvalue weighted by atomic mass is 10.0. The third-order valence-electron chi connectivity index (χ3n) is 3.06. The molecule has 1 atom stereocenters. The molecule has 1 unspecified atom stereocenters. The van der Waals surface area contributed by atoms with Gasteiger partial charge < -0.3 is 5.32 Å². The Kier molecular flexibility index (Phi) is 3.14. The number of rotatable bonds is 3. The van der Waals surface area contributed by atoms with Crippen LogP contribution in [0.5, 0.6) is 0 Å². The van der Waals surface area contributed by atoms with Crippen LogP contribution in [0.25, 0.3) is 0 Å². The fraction of sp³-hybridized carbons (Fsp3) is 0.500. The Hall–Kier alpha value is -0.470. The molecule has 0 fully saturated rings. The fourth-order valence-electron chi connectivity index (χ4n) is 2.17. The molecule has 1 aromatic rings. The summed E-state index contributed by atoms with van der Waals surface area (Å²) >= 11 is 4.35. The van der Waals surface area contributed by atoms with Crippen molar-refractivity contribution in [3.8, 4) is 0 Å². The van der Waals surface area contributed by atoms with E-state index in [4.69, 9.17) is 0 Å². The summed E-state index contributed by atoms with van der Waals surface area (Å²) in [5, 5.41) is 3.28. The van der Waals surface area contributed by atoms with E-state index in [0.717, 1.165) is 5.75 Å². The molecule has 0 aromatic heterocycles. The Labute approximate surface area is 91.3 Å². The van der Waals surface area contributed by atoms with Gasteiger partial charge in [0.15, 0.2) is 0 Å². The fourth-order valence-corrected chi connectivity index (χ4v) is 2.57. The summed E-state index contributed by atoms with van der Waals surface area (Å²) in [6.45, 7) is 0. The van der Waals surface area contributed by atoms with Crippen LogP contribution in [0.4, 0.5) is 0 Å². The third kappa shape index (κ3) is 1.82. The predicted molar refractivity (Wildman–Crippen MR) is 64.1 cm³/mol. The second kappa shape index (κ2) is 4.37. The van der Waals surface area contributed by atoms with Crippen molar-refractivity contribution in [1.82, 2.24) is 5.32 Å². The van der Waals surface area contributed by atoms with E-state index < -0.39 is 0 Å². The van der Waals surface area contributed by atoms with Crippen molar-refractivity contribution in [1.29, 1.82) is 0 Å². The molecule has 0 spiro atoms. The maximum absolute atomic E-state index is 4.35. The van der Waals surface area contributed by atoms with Crippen LogP contribution >= 0.6 is 12.6 Å². The van der Waals surface area contributed by atoms with Crippen LogP contribution in [0.15, 0.2) is 18.2 Å². The normalized spacial score (nSPS) is 16.7. The summed E-state index contributed by atoms with van der Waals surface area (Å²) in [5.41, 5.74) is 4.47. The lowest BCUT2D eigenvalue weighted by Gasteiger charge is -2.14. The first-order valence-corrected chi connectivity index (χ1v) is 5.88. The van der Waals surface area contributed by atoms with Crippen LogP contribution in [0.2, 0.25) is 0 Å². The first-order chi connectivity index (χ1) is 6.85. The average Bonchev–Trinajstić information content (AvgIpc) is 2.66. The standard InChI is InChI=1S/C12H17NS/c1-13-12(8-14)11-6-5-9-3-2-4-10(9)7-11/h5-7,12-14H,2-4,8H2,1H3. The minimum absolute atomic E-state index is 0.393. The maximum atomic E-state index is 4.35. The van der Waals surface area contributed by atoms with E-state index in [2.05, 4.69) is 36.1 Å². The number of thiol groups is 1. The topological polar surface area (TPSA) is 12.0 Å². The van der Waals surface area contributed by atoms with Gasteiger partial charge in [-0.15, -0.1) is 0 Å². The minimum atomic E-state index is 0.393. The molecule has 1 aliphatic carbocycles. The molecule has 1 nitrogen and oxygen atoms in total. The van der Waals surface area contributed by atoms with Gasteiger partial charge in [-0.25, -0.2) is 0 Å². The predicted octanol–water partition coefficient (Wildman–Crippen LogP) is 2.37. The Morgan fingerprint density at radius 3 is 2.86 bits per heavy atom. The highest BCUT2D eigenvalue weighted by molar-refractivity contribution is 7.80. The van der Waals surface area contributed by atoms with Crippen molar-refractivity contribution in [3.63, 3.8) is 0 Å². The van der Waals surface area contributed by atoms with Gasteiger partial charge in [0.25, 0.3) is 0 Å². The van der Waals surface area contributed by atoms with Gasteiger partial charge in [-0.2, -0.15) is 12.6 Å². The first kappa shape index (κ1) is 10.1. The molecule has 0 amide bonds. The zero-order valence-corrected chi connectivity index (χ0v) is 9.48. The number of hydrogen-bond donors (Lipinski definition) is 2. The highest BCUT2D eigenvalue weighted by Crippen LogP contribution is 2.25. The molecule has 1 aliphatic rings. The summed E-state index contributed by atoms with van der Waals surface area (Å²) in [6, 6.07) is 7.26. The van der Waals surface area contributed by atoms with Gasteiger partial charge in [0.2, 0.25) is 0 Å². The Morgan fingerprint density at radius 1 is 1.36 bits per heavy atom. The van der Waals surface area contributed by atoms with Gasteiger partial charge in [0.1, 0.15) is 0 Å². The zero-order chi connectivity index (χ0) is 9.97. The quantitative estimate of drug-likeness (QED) is 0.725. The van der Waals surface area contributed by atoms with Crippen LogP contribution in [0.1, 0.15) is 29.2 Å². The molecular formula is C12H17NS. The molecule has 0 saturated heterocycles. The van der Waals surface area contributed by atoms with E-state index in [1.165, 1.54) is 24.8 Å². The van der Waals surface area contributed by atoms with E-state index >= 15 is 0 Å². The number of fused-ring (bicyclic) bond motifs is 1. The maximum Gasteiger partial charge on any atom is 0.0406 e. The van der Waals surface area contributed by atoms with Gasteiger partial charge in [0.05, 0.1) is 0 Å². The van der Waals surface area contributed by atoms with Gasteiger partial charge in [0, 0.05) is 11.8 Å². The van der Waals surface area contributed by atoms with Gasteiger partial charge in [-0.1, -0.05) is 18.2 Å². The van der Waals surface area contributed by atoms with Crippen molar-refractivity contribution >= 4 is 12.6 Å². The first-order valence-electron chi connectivity index (χ1n) is 5.25. The van der Waals surface area contributed by atoms with Gasteiger partial charge in [-0.05, 0) is 43.0 Å². The summed E-state index contributed by atoms with van der Waals surface area (Å²) in [5.74, 6) is 0.856. The number of benzene rings is 1. The molecule has 0 bridgehead atoms. The van der Waals surface area contributed by atoms with E-state index in [1.54, 1.807) is 11.1 Å².